The molecule has 0 spiro atoms. The average Bonchev–Trinajstić information content (AvgIpc) is 3.28. The molecule has 0 aliphatic carbocycles. The van der Waals surface area contributed by atoms with Crippen molar-refractivity contribution in [1.29, 1.82) is 0 Å². The molecular weight excluding hydrogens is 374 g/mol. The van der Waals surface area contributed by atoms with Crippen LogP contribution in [0.4, 0.5) is 5.69 Å². The fraction of sp³-hybridized carbons (Fsp3) is 0.200. The lowest BCUT2D eigenvalue weighted by molar-refractivity contribution is -0.118. The molecule has 0 bridgehead atoms. The predicted octanol–water partition coefficient (Wildman–Crippen LogP) is 3.74. The molecule has 0 saturated carbocycles. The number of hydrogen-bond donors (Lipinski definition) is 1. The summed E-state index contributed by atoms with van der Waals surface area (Å²) in [6.45, 7) is 3.97. The van der Waals surface area contributed by atoms with E-state index >= 15 is 0 Å². The lowest BCUT2D eigenvalue weighted by atomic mass is 10.2. The van der Waals surface area contributed by atoms with Crippen molar-refractivity contribution in [2.45, 2.75) is 20.3 Å². The minimum Gasteiger partial charge on any atom is -0.484 e. The number of aromatic nitrogens is 4. The van der Waals surface area contributed by atoms with Gasteiger partial charge in [-0.2, -0.15) is 9.61 Å². The third kappa shape index (κ3) is 3.86. The smallest absolute Gasteiger partial charge is 0.262 e. The van der Waals surface area contributed by atoms with Crippen molar-refractivity contribution >= 4 is 27.9 Å². The van der Waals surface area contributed by atoms with Gasteiger partial charge in [0.1, 0.15) is 10.8 Å². The van der Waals surface area contributed by atoms with Gasteiger partial charge in [-0.15, -0.1) is 10.2 Å². The average molecular weight is 393 g/mol. The van der Waals surface area contributed by atoms with Gasteiger partial charge in [0.15, 0.2) is 12.4 Å². The van der Waals surface area contributed by atoms with Crippen molar-refractivity contribution in [3.05, 3.63) is 59.9 Å². The first-order valence-corrected chi connectivity index (χ1v) is 9.75. The van der Waals surface area contributed by atoms with E-state index in [0.717, 1.165) is 33.3 Å². The molecule has 0 aliphatic rings. The van der Waals surface area contributed by atoms with Crippen LogP contribution in [0.2, 0.25) is 0 Å². The molecule has 142 valence electrons. The first-order valence-electron chi connectivity index (χ1n) is 8.93. The number of rotatable bonds is 6. The zero-order valence-electron chi connectivity index (χ0n) is 15.5. The van der Waals surface area contributed by atoms with E-state index in [2.05, 4.69) is 20.6 Å². The van der Waals surface area contributed by atoms with Crippen molar-refractivity contribution in [3.63, 3.8) is 0 Å². The lowest BCUT2D eigenvalue weighted by Gasteiger charge is -2.08. The summed E-state index contributed by atoms with van der Waals surface area (Å²) in [7, 11) is 0. The molecular formula is C20H19N5O2S. The molecule has 2 heterocycles. The number of carbonyl (C=O) groups excluding carboxylic acids is 1. The van der Waals surface area contributed by atoms with E-state index in [1.807, 2.05) is 62.4 Å². The van der Waals surface area contributed by atoms with Crippen molar-refractivity contribution in [2.24, 2.45) is 0 Å². The van der Waals surface area contributed by atoms with E-state index < -0.39 is 0 Å². The first kappa shape index (κ1) is 18.1. The number of nitrogens with one attached hydrogen (secondary N) is 1. The van der Waals surface area contributed by atoms with Crippen LogP contribution in [0, 0.1) is 6.92 Å². The number of carbonyl (C=O) groups is 1. The standard InChI is InChI=1S/C20H19N5O2S/c1-3-17-22-23-20-25(17)24-19(28-20)14-5-4-6-15(11-14)21-18(26)12-27-16-9-7-13(2)8-10-16/h4-11H,3,12H2,1-2H3,(H,21,26). The number of anilines is 1. The highest BCUT2D eigenvalue weighted by molar-refractivity contribution is 7.19. The molecule has 0 fully saturated rings. The molecule has 0 atom stereocenters. The lowest BCUT2D eigenvalue weighted by Crippen LogP contribution is -2.20. The van der Waals surface area contributed by atoms with Crippen LogP contribution in [-0.4, -0.2) is 32.3 Å². The van der Waals surface area contributed by atoms with Gasteiger partial charge in [0.2, 0.25) is 4.96 Å². The Hall–Kier alpha value is -3.26. The summed E-state index contributed by atoms with van der Waals surface area (Å²) in [5, 5.41) is 16.5. The van der Waals surface area contributed by atoms with E-state index in [0.29, 0.717) is 11.4 Å². The van der Waals surface area contributed by atoms with E-state index in [4.69, 9.17) is 4.74 Å². The van der Waals surface area contributed by atoms with Gasteiger partial charge in [-0.05, 0) is 31.2 Å². The summed E-state index contributed by atoms with van der Waals surface area (Å²) < 4.78 is 7.29. The first-order chi connectivity index (χ1) is 13.6. The molecule has 4 rings (SSSR count). The zero-order valence-corrected chi connectivity index (χ0v) is 16.4. The molecule has 0 radical (unpaired) electrons. The summed E-state index contributed by atoms with van der Waals surface area (Å²) in [6.07, 6.45) is 0.765. The Morgan fingerprint density at radius 3 is 2.79 bits per heavy atom. The molecule has 1 N–H and O–H groups in total. The van der Waals surface area contributed by atoms with Crippen LogP contribution in [0.15, 0.2) is 48.5 Å². The van der Waals surface area contributed by atoms with E-state index in [-0.39, 0.29) is 12.5 Å². The van der Waals surface area contributed by atoms with Crippen molar-refractivity contribution < 1.29 is 9.53 Å². The van der Waals surface area contributed by atoms with E-state index in [1.54, 1.807) is 4.52 Å². The van der Waals surface area contributed by atoms with Gasteiger partial charge in [-0.25, -0.2) is 0 Å². The maximum absolute atomic E-state index is 12.2. The molecule has 28 heavy (non-hydrogen) atoms. The predicted molar refractivity (Wildman–Crippen MR) is 109 cm³/mol. The minimum absolute atomic E-state index is 0.0517. The highest BCUT2D eigenvalue weighted by Crippen LogP contribution is 2.27. The molecule has 0 saturated heterocycles. The Morgan fingerprint density at radius 2 is 2.00 bits per heavy atom. The molecule has 1 amide bonds. The SMILES string of the molecule is CCc1nnc2sc(-c3cccc(NC(=O)COc4ccc(C)cc4)c3)nn12. The van der Waals surface area contributed by atoms with Crippen LogP contribution in [-0.2, 0) is 11.2 Å². The van der Waals surface area contributed by atoms with E-state index in [9.17, 15) is 4.79 Å². The monoisotopic (exact) mass is 393 g/mol. The van der Waals surface area contributed by atoms with Gasteiger partial charge in [0.05, 0.1) is 0 Å². The number of ether oxygens (including phenoxy) is 1. The summed E-state index contributed by atoms with van der Waals surface area (Å²) in [5.41, 5.74) is 2.75. The maximum atomic E-state index is 12.2. The third-order valence-corrected chi connectivity index (χ3v) is 5.10. The van der Waals surface area contributed by atoms with Crippen LogP contribution < -0.4 is 10.1 Å². The van der Waals surface area contributed by atoms with Gasteiger partial charge in [0, 0.05) is 17.7 Å². The number of aryl methyl sites for hydroxylation is 2. The molecule has 0 aliphatic heterocycles. The summed E-state index contributed by atoms with van der Waals surface area (Å²) in [4.78, 5) is 13.0. The quantitative estimate of drug-likeness (QED) is 0.540. The molecule has 7 nitrogen and oxygen atoms in total. The number of nitrogens with zero attached hydrogens (tertiary/aromatic N) is 4. The Balaban J connectivity index is 1.44. The molecule has 0 unspecified atom stereocenters. The third-order valence-electron chi connectivity index (χ3n) is 4.16. The van der Waals surface area contributed by atoms with Gasteiger partial charge >= 0.3 is 0 Å². The second-order valence-electron chi connectivity index (χ2n) is 6.30. The minimum atomic E-state index is -0.218. The van der Waals surface area contributed by atoms with Crippen molar-refractivity contribution in [2.75, 3.05) is 11.9 Å². The van der Waals surface area contributed by atoms with Gasteiger partial charge in [-0.1, -0.05) is 48.1 Å². The Morgan fingerprint density at radius 1 is 1.18 bits per heavy atom. The summed E-state index contributed by atoms with van der Waals surface area (Å²) >= 11 is 1.46. The Bertz CT molecular complexity index is 1120. The van der Waals surface area contributed by atoms with Gasteiger partial charge < -0.3 is 10.1 Å². The maximum Gasteiger partial charge on any atom is 0.262 e. The van der Waals surface area contributed by atoms with Crippen molar-refractivity contribution in [3.8, 4) is 16.3 Å². The van der Waals surface area contributed by atoms with Gasteiger partial charge in [-0.3, -0.25) is 4.79 Å². The Labute approximate surface area is 166 Å². The van der Waals surface area contributed by atoms with Crippen LogP contribution in [0.5, 0.6) is 5.75 Å². The number of amides is 1. The van der Waals surface area contributed by atoms with Gasteiger partial charge in [0.25, 0.3) is 5.91 Å². The number of hydrogen-bond acceptors (Lipinski definition) is 6. The molecule has 2 aromatic carbocycles. The van der Waals surface area contributed by atoms with Crippen LogP contribution >= 0.6 is 11.3 Å². The topological polar surface area (TPSA) is 81.4 Å². The van der Waals surface area contributed by atoms with Crippen molar-refractivity contribution in [1.82, 2.24) is 19.8 Å². The Kier molecular flexibility index (Phi) is 5.03. The zero-order chi connectivity index (χ0) is 19.5. The van der Waals surface area contributed by atoms with Crippen LogP contribution in [0.25, 0.3) is 15.5 Å². The second-order valence-corrected chi connectivity index (χ2v) is 7.26. The number of benzene rings is 2. The molecule has 8 heteroatoms. The highest BCUT2D eigenvalue weighted by Gasteiger charge is 2.12. The highest BCUT2D eigenvalue weighted by atomic mass is 32.1. The van der Waals surface area contributed by atoms with E-state index in [1.165, 1.54) is 11.3 Å². The molecule has 4 aromatic rings. The summed E-state index contributed by atoms with van der Waals surface area (Å²) in [6, 6.07) is 15.2. The molecule has 2 aromatic heterocycles. The summed E-state index contributed by atoms with van der Waals surface area (Å²) in [5.74, 6) is 1.28. The fourth-order valence-electron chi connectivity index (χ4n) is 2.71. The second kappa shape index (κ2) is 7.77. The normalized spacial score (nSPS) is 10.9. The fourth-order valence-corrected chi connectivity index (χ4v) is 3.56. The van der Waals surface area contributed by atoms with Crippen LogP contribution in [0.3, 0.4) is 0 Å². The van der Waals surface area contributed by atoms with Crippen LogP contribution in [0.1, 0.15) is 18.3 Å². The largest absolute Gasteiger partial charge is 0.484 e. The number of fused-ring (bicyclic) bond motifs is 1.